The molecule has 2 rings (SSSR count). The van der Waals surface area contributed by atoms with E-state index >= 15 is 0 Å². The fourth-order valence-electron chi connectivity index (χ4n) is 1.77. The van der Waals surface area contributed by atoms with Gasteiger partial charge in [0.1, 0.15) is 0 Å². The lowest BCUT2D eigenvalue weighted by molar-refractivity contribution is 1.22. The second kappa shape index (κ2) is 4.38. The van der Waals surface area contributed by atoms with Gasteiger partial charge in [-0.15, -0.1) is 17.5 Å². The van der Waals surface area contributed by atoms with Gasteiger partial charge in [-0.25, -0.2) is 0 Å². The molecule has 0 aliphatic heterocycles. The molecule has 84 valence electrons. The van der Waals surface area contributed by atoms with Gasteiger partial charge in [0.05, 0.1) is 0 Å². The molecule has 0 atom stereocenters. The Kier molecular flexibility index (Phi) is 3.10. The lowest BCUT2D eigenvalue weighted by atomic mass is 10.0. The molecule has 0 saturated carbocycles. The zero-order valence-electron chi connectivity index (χ0n) is 10.2. The van der Waals surface area contributed by atoms with Crippen molar-refractivity contribution in [1.82, 2.24) is 4.98 Å². The molecule has 0 unspecified atom stereocenters. The van der Waals surface area contributed by atoms with Crippen molar-refractivity contribution in [2.24, 2.45) is 0 Å². The Balaban J connectivity index is 2.53. The van der Waals surface area contributed by atoms with Gasteiger partial charge in [0.15, 0.2) is 0 Å². The molecular weight excluding hydrogens is 214 g/mol. The maximum atomic E-state index is 4.60. The Labute approximate surface area is 101 Å². The van der Waals surface area contributed by atoms with Crippen molar-refractivity contribution in [2.75, 3.05) is 6.26 Å². The number of thioether (sulfide) groups is 1. The number of hydrogen-bond donors (Lipinski definition) is 0. The van der Waals surface area contributed by atoms with Crippen LogP contribution in [-0.2, 0) is 0 Å². The molecule has 0 aliphatic carbocycles. The van der Waals surface area contributed by atoms with Crippen molar-refractivity contribution in [3.8, 4) is 11.3 Å². The van der Waals surface area contributed by atoms with Crippen molar-refractivity contribution in [2.45, 2.75) is 25.7 Å². The highest BCUT2D eigenvalue weighted by Crippen LogP contribution is 2.30. The number of hydrogen-bond acceptors (Lipinski definition) is 1. The topological polar surface area (TPSA) is 14.1 Å². The summed E-state index contributed by atoms with van der Waals surface area (Å²) in [6.07, 6.45) is 2.10. The van der Waals surface area contributed by atoms with E-state index in [4.69, 9.17) is 0 Å². The van der Waals surface area contributed by atoms with Gasteiger partial charge in [0.25, 0.3) is 0 Å². The molecule has 1 aromatic heterocycles. The van der Waals surface area contributed by atoms with Crippen molar-refractivity contribution < 1.29 is 0 Å². The summed E-state index contributed by atoms with van der Waals surface area (Å²) in [5, 5.41) is 0. The molecule has 0 N–H and O–H groups in total. The van der Waals surface area contributed by atoms with Gasteiger partial charge in [-0.1, -0.05) is 31.2 Å². The van der Waals surface area contributed by atoms with Crippen LogP contribution in [0.25, 0.3) is 11.3 Å². The molecule has 2 aromatic rings. The van der Waals surface area contributed by atoms with Gasteiger partial charge >= 0.3 is 0 Å². The summed E-state index contributed by atoms with van der Waals surface area (Å²) in [5.74, 6) is 0. The highest BCUT2D eigenvalue weighted by molar-refractivity contribution is 7.98. The van der Waals surface area contributed by atoms with Crippen molar-refractivity contribution in [1.29, 1.82) is 0 Å². The summed E-state index contributed by atoms with van der Waals surface area (Å²) < 4.78 is 0. The Bertz CT molecular complexity index is 511. The van der Waals surface area contributed by atoms with Crippen molar-refractivity contribution in [3.05, 3.63) is 41.1 Å². The summed E-state index contributed by atoms with van der Waals surface area (Å²) in [6.45, 7) is 6.33. The van der Waals surface area contributed by atoms with E-state index in [2.05, 4.69) is 49.4 Å². The Morgan fingerprint density at radius 3 is 2.38 bits per heavy atom. The highest BCUT2D eigenvalue weighted by Gasteiger charge is 2.01. The number of benzene rings is 1. The molecule has 1 nitrogen and oxygen atoms in total. The van der Waals surface area contributed by atoms with E-state index in [0.29, 0.717) is 0 Å². The SMILES string of the molecule is CSc1cc(C)[n-]c1-c1ccc(C)c(C)c1. The number of aryl methyl sites for hydroxylation is 3. The molecular formula is C14H16NS-. The Hall–Kier alpha value is -1.15. The number of rotatable bonds is 2. The summed E-state index contributed by atoms with van der Waals surface area (Å²) in [6, 6.07) is 8.69. The van der Waals surface area contributed by atoms with Crippen LogP contribution < -0.4 is 4.98 Å². The number of aromatic nitrogens is 1. The minimum Gasteiger partial charge on any atom is -0.660 e. The normalized spacial score (nSPS) is 10.8. The summed E-state index contributed by atoms with van der Waals surface area (Å²) in [4.78, 5) is 5.87. The minimum absolute atomic E-state index is 1.09. The molecule has 0 bridgehead atoms. The number of nitrogens with zero attached hydrogens (tertiary/aromatic N) is 1. The maximum absolute atomic E-state index is 4.60. The lowest BCUT2D eigenvalue weighted by Crippen LogP contribution is -1.86. The van der Waals surface area contributed by atoms with Crippen LogP contribution in [0.4, 0.5) is 0 Å². The fourth-order valence-corrected chi connectivity index (χ4v) is 2.42. The molecule has 2 heteroatoms. The second-order valence-corrected chi connectivity index (χ2v) is 4.96. The van der Waals surface area contributed by atoms with E-state index in [1.807, 2.05) is 6.92 Å². The first-order valence-corrected chi connectivity index (χ1v) is 6.60. The molecule has 0 spiro atoms. The average molecular weight is 230 g/mol. The first kappa shape index (κ1) is 11.3. The summed E-state index contributed by atoms with van der Waals surface area (Å²) in [5.41, 5.74) is 6.09. The summed E-state index contributed by atoms with van der Waals surface area (Å²) in [7, 11) is 0. The minimum atomic E-state index is 1.09. The zero-order chi connectivity index (χ0) is 11.7. The van der Waals surface area contributed by atoms with Gasteiger partial charge in [0, 0.05) is 0 Å². The standard InChI is InChI=1S/C14H16NS/c1-9-5-6-12(7-10(9)2)14-13(16-4)8-11(3)15-14/h5-8H,1-4H3/q-1. The molecule has 0 aliphatic rings. The van der Waals surface area contributed by atoms with Crippen LogP contribution in [0, 0.1) is 20.8 Å². The van der Waals surface area contributed by atoms with Gasteiger partial charge in [-0.3, -0.25) is 0 Å². The van der Waals surface area contributed by atoms with Crippen molar-refractivity contribution >= 4 is 11.8 Å². The molecule has 16 heavy (non-hydrogen) atoms. The molecule has 0 fully saturated rings. The largest absolute Gasteiger partial charge is 0.660 e. The van der Waals surface area contributed by atoms with Crippen LogP contribution >= 0.6 is 11.8 Å². The van der Waals surface area contributed by atoms with Gasteiger partial charge in [-0.2, -0.15) is 5.69 Å². The molecule has 0 radical (unpaired) electrons. The van der Waals surface area contributed by atoms with Gasteiger partial charge in [-0.05, 0) is 41.7 Å². The van der Waals surface area contributed by atoms with E-state index in [1.54, 1.807) is 11.8 Å². The van der Waals surface area contributed by atoms with E-state index < -0.39 is 0 Å². The van der Waals surface area contributed by atoms with E-state index in [1.165, 1.54) is 21.6 Å². The van der Waals surface area contributed by atoms with E-state index in [-0.39, 0.29) is 0 Å². The summed E-state index contributed by atoms with van der Waals surface area (Å²) >= 11 is 1.76. The third kappa shape index (κ3) is 2.03. The van der Waals surface area contributed by atoms with Crippen LogP contribution in [0.15, 0.2) is 29.2 Å². The zero-order valence-corrected chi connectivity index (χ0v) is 11.0. The van der Waals surface area contributed by atoms with Crippen LogP contribution in [-0.4, -0.2) is 6.26 Å². The van der Waals surface area contributed by atoms with E-state index in [0.717, 1.165) is 11.4 Å². The monoisotopic (exact) mass is 230 g/mol. The van der Waals surface area contributed by atoms with Crippen LogP contribution in [0.1, 0.15) is 16.8 Å². The van der Waals surface area contributed by atoms with Crippen molar-refractivity contribution in [3.63, 3.8) is 0 Å². The van der Waals surface area contributed by atoms with Crippen LogP contribution in [0.3, 0.4) is 0 Å². The molecule has 1 aromatic carbocycles. The van der Waals surface area contributed by atoms with Gasteiger partial charge in [0.2, 0.25) is 0 Å². The maximum Gasteiger partial charge on any atom is -0.00874 e. The predicted molar refractivity (Wildman–Crippen MR) is 71.2 cm³/mol. The first-order valence-electron chi connectivity index (χ1n) is 5.37. The fraction of sp³-hybridized carbons (Fsp3) is 0.286. The first-order chi connectivity index (χ1) is 7.61. The third-order valence-electron chi connectivity index (χ3n) is 2.86. The Morgan fingerprint density at radius 1 is 1.00 bits per heavy atom. The quantitative estimate of drug-likeness (QED) is 0.725. The second-order valence-electron chi connectivity index (χ2n) is 4.11. The predicted octanol–water partition coefficient (Wildman–Crippen LogP) is 3.96. The third-order valence-corrected chi connectivity index (χ3v) is 3.61. The molecule has 1 heterocycles. The smallest absolute Gasteiger partial charge is 0.00874 e. The average Bonchev–Trinajstić information content (AvgIpc) is 2.63. The van der Waals surface area contributed by atoms with Crippen LogP contribution in [0.2, 0.25) is 0 Å². The lowest BCUT2D eigenvalue weighted by Gasteiger charge is -2.13. The molecule has 0 saturated heterocycles. The Morgan fingerprint density at radius 2 is 1.75 bits per heavy atom. The highest BCUT2D eigenvalue weighted by atomic mass is 32.2. The van der Waals surface area contributed by atoms with Gasteiger partial charge < -0.3 is 4.98 Å². The van der Waals surface area contributed by atoms with E-state index in [9.17, 15) is 0 Å². The molecule has 0 amide bonds. The van der Waals surface area contributed by atoms with Crippen LogP contribution in [0.5, 0.6) is 0 Å².